The van der Waals surface area contributed by atoms with Crippen molar-refractivity contribution in [1.82, 2.24) is 5.32 Å². The topological polar surface area (TPSA) is 38.3 Å². The van der Waals surface area contributed by atoms with E-state index in [1.165, 1.54) is 5.56 Å². The Balaban J connectivity index is 2.78. The van der Waals surface area contributed by atoms with Crippen molar-refractivity contribution in [2.45, 2.75) is 79.4 Å². The van der Waals surface area contributed by atoms with Crippen molar-refractivity contribution in [2.24, 2.45) is 11.8 Å². The first-order valence-electron chi connectivity index (χ1n) is 9.13. The maximum atomic E-state index is 12.6. The molecule has 0 bridgehead atoms. The van der Waals surface area contributed by atoms with Gasteiger partial charge < -0.3 is 10.1 Å². The molecule has 0 unspecified atom stereocenters. The quantitative estimate of drug-likeness (QED) is 0.767. The van der Waals surface area contributed by atoms with E-state index in [9.17, 15) is 4.79 Å². The van der Waals surface area contributed by atoms with Crippen LogP contribution in [-0.2, 0) is 10.2 Å². The summed E-state index contributed by atoms with van der Waals surface area (Å²) in [7, 11) is 0. The maximum Gasteiger partial charge on any atom is 0.261 e. The molecule has 0 aliphatic rings. The summed E-state index contributed by atoms with van der Waals surface area (Å²) in [5.41, 5.74) is 1.37. The molecule has 0 fully saturated rings. The van der Waals surface area contributed by atoms with Gasteiger partial charge in [0.25, 0.3) is 5.91 Å². The van der Waals surface area contributed by atoms with Crippen molar-refractivity contribution in [3.8, 4) is 5.75 Å². The van der Waals surface area contributed by atoms with Gasteiger partial charge in [0.05, 0.1) is 0 Å². The van der Waals surface area contributed by atoms with Crippen molar-refractivity contribution < 1.29 is 9.53 Å². The molecule has 0 heterocycles. The number of ether oxygens (including phenoxy) is 1. The van der Waals surface area contributed by atoms with Crippen LogP contribution in [-0.4, -0.2) is 18.1 Å². The smallest absolute Gasteiger partial charge is 0.261 e. The van der Waals surface area contributed by atoms with E-state index in [4.69, 9.17) is 4.74 Å². The predicted octanol–water partition coefficient (Wildman–Crippen LogP) is 4.94. The summed E-state index contributed by atoms with van der Waals surface area (Å²) in [5.74, 6) is 1.52. The Labute approximate surface area is 148 Å². The summed E-state index contributed by atoms with van der Waals surface area (Å²) in [6.07, 6.45) is 0.195. The molecule has 1 rings (SSSR count). The lowest BCUT2D eigenvalue weighted by molar-refractivity contribution is -0.129. The fourth-order valence-electron chi connectivity index (χ4n) is 2.88. The van der Waals surface area contributed by atoms with Crippen molar-refractivity contribution in [3.05, 3.63) is 29.8 Å². The van der Waals surface area contributed by atoms with E-state index in [2.05, 4.69) is 65.9 Å². The van der Waals surface area contributed by atoms with Crippen LogP contribution in [0.2, 0.25) is 0 Å². The normalized spacial score (nSPS) is 13.5. The van der Waals surface area contributed by atoms with Crippen molar-refractivity contribution in [3.63, 3.8) is 0 Å². The molecule has 136 valence electrons. The highest BCUT2D eigenvalue weighted by Gasteiger charge is 2.25. The van der Waals surface area contributed by atoms with Gasteiger partial charge in [-0.1, -0.05) is 67.5 Å². The van der Waals surface area contributed by atoms with Crippen molar-refractivity contribution >= 4 is 5.91 Å². The zero-order valence-corrected chi connectivity index (χ0v) is 16.6. The molecule has 24 heavy (non-hydrogen) atoms. The Morgan fingerprint density at radius 2 is 1.54 bits per heavy atom. The third-order valence-electron chi connectivity index (χ3n) is 4.41. The molecule has 0 saturated carbocycles. The predicted molar refractivity (Wildman–Crippen MR) is 101 cm³/mol. The van der Waals surface area contributed by atoms with Crippen LogP contribution < -0.4 is 10.1 Å². The second kappa shape index (κ2) is 8.55. The van der Waals surface area contributed by atoms with E-state index in [0.29, 0.717) is 18.3 Å². The van der Waals surface area contributed by atoms with Crippen LogP contribution in [0.4, 0.5) is 0 Å². The third kappa shape index (κ3) is 5.85. The third-order valence-corrected chi connectivity index (χ3v) is 4.41. The van der Waals surface area contributed by atoms with Gasteiger partial charge in [-0.3, -0.25) is 4.79 Å². The average molecular weight is 334 g/mol. The summed E-state index contributed by atoms with van der Waals surface area (Å²) in [6.45, 7) is 17.1. The van der Waals surface area contributed by atoms with Gasteiger partial charge in [-0.2, -0.15) is 0 Å². The van der Waals surface area contributed by atoms with Gasteiger partial charge in [0, 0.05) is 6.04 Å². The molecule has 1 aromatic rings. The first-order valence-corrected chi connectivity index (χ1v) is 9.13. The Morgan fingerprint density at radius 3 is 1.92 bits per heavy atom. The summed E-state index contributed by atoms with van der Waals surface area (Å²) in [5, 5.41) is 3.16. The number of amides is 1. The Hall–Kier alpha value is -1.51. The molecule has 0 spiro atoms. The SMILES string of the molecule is CC[C@@H](Oc1ccc(C(C)(C)C)cc1)C(=O)NC(C(C)C)C(C)C. The number of rotatable bonds is 7. The number of hydrogen-bond acceptors (Lipinski definition) is 2. The summed E-state index contributed by atoms with van der Waals surface area (Å²) < 4.78 is 5.94. The summed E-state index contributed by atoms with van der Waals surface area (Å²) >= 11 is 0. The molecule has 0 radical (unpaired) electrons. The lowest BCUT2D eigenvalue weighted by Gasteiger charge is -2.28. The van der Waals surface area contributed by atoms with Gasteiger partial charge in [-0.25, -0.2) is 0 Å². The Morgan fingerprint density at radius 1 is 1.04 bits per heavy atom. The minimum atomic E-state index is -0.453. The fraction of sp³-hybridized carbons (Fsp3) is 0.667. The largest absolute Gasteiger partial charge is 0.481 e. The zero-order chi connectivity index (χ0) is 18.5. The Kier molecular flexibility index (Phi) is 7.31. The molecule has 3 heteroatoms. The van der Waals surface area contributed by atoms with Crippen LogP contribution in [0, 0.1) is 11.8 Å². The molecule has 0 aromatic heterocycles. The standard InChI is InChI=1S/C21H35NO2/c1-9-18(20(23)22-19(14(2)3)15(4)5)24-17-12-10-16(11-13-17)21(6,7)8/h10-15,18-19H,9H2,1-8H3,(H,22,23)/t18-/m1/s1. The molecule has 3 nitrogen and oxygen atoms in total. The molecule has 0 aliphatic carbocycles. The molecule has 1 N–H and O–H groups in total. The average Bonchev–Trinajstić information content (AvgIpc) is 2.48. The highest BCUT2D eigenvalue weighted by atomic mass is 16.5. The zero-order valence-electron chi connectivity index (χ0n) is 16.6. The highest BCUT2D eigenvalue weighted by Crippen LogP contribution is 2.25. The molecule has 0 saturated heterocycles. The van der Waals surface area contributed by atoms with Crippen LogP contribution in [0.25, 0.3) is 0 Å². The first kappa shape index (κ1) is 20.5. The highest BCUT2D eigenvalue weighted by molar-refractivity contribution is 5.81. The first-order chi connectivity index (χ1) is 11.1. The van der Waals surface area contributed by atoms with E-state index in [1.807, 2.05) is 19.1 Å². The summed E-state index contributed by atoms with van der Waals surface area (Å²) in [6, 6.07) is 8.23. The number of carbonyl (C=O) groups excluding carboxylic acids is 1. The molecular weight excluding hydrogens is 298 g/mol. The molecule has 1 aromatic carbocycles. The van der Waals surface area contributed by atoms with Gasteiger partial charge in [-0.05, 0) is 41.4 Å². The van der Waals surface area contributed by atoms with E-state index < -0.39 is 6.10 Å². The number of benzene rings is 1. The van der Waals surface area contributed by atoms with Crippen molar-refractivity contribution in [2.75, 3.05) is 0 Å². The monoisotopic (exact) mass is 333 g/mol. The fourth-order valence-corrected chi connectivity index (χ4v) is 2.88. The molecular formula is C21H35NO2. The number of hydrogen-bond donors (Lipinski definition) is 1. The van der Waals surface area contributed by atoms with Crippen LogP contribution in [0.5, 0.6) is 5.75 Å². The molecule has 1 amide bonds. The van der Waals surface area contributed by atoms with Crippen LogP contribution in [0.3, 0.4) is 0 Å². The number of carbonyl (C=O) groups is 1. The number of nitrogens with one attached hydrogen (secondary N) is 1. The van der Waals surface area contributed by atoms with Gasteiger partial charge in [0.1, 0.15) is 5.75 Å². The van der Waals surface area contributed by atoms with Gasteiger partial charge in [-0.15, -0.1) is 0 Å². The second-order valence-electron chi connectivity index (χ2n) is 8.31. The molecule has 1 atom stereocenters. The lowest BCUT2D eigenvalue weighted by Crippen LogP contribution is -2.48. The van der Waals surface area contributed by atoms with Gasteiger partial charge >= 0.3 is 0 Å². The maximum absolute atomic E-state index is 12.6. The minimum absolute atomic E-state index is 0.0233. The van der Waals surface area contributed by atoms with E-state index in [1.54, 1.807) is 0 Å². The van der Waals surface area contributed by atoms with E-state index >= 15 is 0 Å². The van der Waals surface area contributed by atoms with Gasteiger partial charge in [0.15, 0.2) is 6.10 Å². The minimum Gasteiger partial charge on any atom is -0.481 e. The van der Waals surface area contributed by atoms with Gasteiger partial charge in [0.2, 0.25) is 0 Å². The van der Waals surface area contributed by atoms with Crippen LogP contribution in [0.15, 0.2) is 24.3 Å². The summed E-state index contributed by atoms with van der Waals surface area (Å²) in [4.78, 5) is 12.6. The second-order valence-corrected chi connectivity index (χ2v) is 8.31. The van der Waals surface area contributed by atoms with Crippen LogP contribution in [0.1, 0.15) is 67.4 Å². The molecule has 0 aliphatic heterocycles. The van der Waals surface area contributed by atoms with Crippen molar-refractivity contribution in [1.29, 1.82) is 0 Å². The van der Waals surface area contributed by atoms with E-state index in [0.717, 1.165) is 5.75 Å². The van der Waals surface area contributed by atoms with Crippen LogP contribution >= 0.6 is 0 Å². The Bertz CT molecular complexity index is 504. The van der Waals surface area contributed by atoms with E-state index in [-0.39, 0.29) is 17.4 Å². The lowest BCUT2D eigenvalue weighted by atomic mass is 9.87.